The summed E-state index contributed by atoms with van der Waals surface area (Å²) in [7, 11) is 0. The van der Waals surface area contributed by atoms with Crippen molar-refractivity contribution in [2.24, 2.45) is 0 Å². The lowest BCUT2D eigenvalue weighted by Crippen LogP contribution is -2.42. The summed E-state index contributed by atoms with van der Waals surface area (Å²) < 4.78 is 38.2. The number of anilines is 1. The molecule has 1 unspecified atom stereocenters. The molecule has 2 rings (SSSR count). The molecule has 0 radical (unpaired) electrons. The summed E-state index contributed by atoms with van der Waals surface area (Å²) in [6.07, 6.45) is -2.22. The van der Waals surface area contributed by atoms with Crippen LogP contribution in [-0.2, 0) is 6.18 Å². The second-order valence-corrected chi connectivity index (χ2v) is 5.42. The largest absolute Gasteiger partial charge is 0.433 e. The van der Waals surface area contributed by atoms with Gasteiger partial charge in [0, 0.05) is 18.6 Å². The number of hydrogen-bond acceptors (Lipinski definition) is 3. The molecule has 2 heterocycles. The van der Waals surface area contributed by atoms with E-state index in [1.807, 2.05) is 18.7 Å². The maximum Gasteiger partial charge on any atom is 0.433 e. The van der Waals surface area contributed by atoms with Gasteiger partial charge < -0.3 is 10.2 Å². The molecule has 3 nitrogen and oxygen atoms in total. The van der Waals surface area contributed by atoms with Crippen molar-refractivity contribution in [3.8, 4) is 0 Å². The van der Waals surface area contributed by atoms with Crippen LogP contribution in [0.5, 0.6) is 0 Å². The van der Waals surface area contributed by atoms with E-state index in [-0.39, 0.29) is 6.04 Å². The van der Waals surface area contributed by atoms with Gasteiger partial charge in [-0.25, -0.2) is 4.98 Å². The highest BCUT2D eigenvalue weighted by molar-refractivity contribution is 5.41. The number of nitrogens with zero attached hydrogens (tertiary/aromatic N) is 2. The van der Waals surface area contributed by atoms with E-state index < -0.39 is 11.9 Å². The second kappa shape index (κ2) is 5.99. The van der Waals surface area contributed by atoms with Gasteiger partial charge in [0.1, 0.15) is 11.5 Å². The fourth-order valence-corrected chi connectivity index (χ4v) is 2.46. The van der Waals surface area contributed by atoms with Crippen LogP contribution in [0.25, 0.3) is 0 Å². The first kappa shape index (κ1) is 15.1. The molecule has 1 atom stereocenters. The minimum Gasteiger partial charge on any atom is -0.353 e. The highest BCUT2D eigenvalue weighted by Crippen LogP contribution is 2.29. The Labute approximate surface area is 117 Å². The Bertz CT molecular complexity index is 440. The predicted octanol–water partition coefficient (Wildman–Crippen LogP) is 3.07. The molecule has 1 fully saturated rings. The standard InChI is InChI=1S/C14H20F3N3/c1-10(2)20(9-11-5-4-8-18-11)13-7-3-6-12(19-13)14(15,16)17/h3,6-7,10-11,18H,4-5,8-9H2,1-2H3. The van der Waals surface area contributed by atoms with Gasteiger partial charge in [-0.2, -0.15) is 13.2 Å². The third-order valence-corrected chi connectivity index (χ3v) is 3.52. The molecule has 1 aliphatic rings. The van der Waals surface area contributed by atoms with Crippen LogP contribution in [0.3, 0.4) is 0 Å². The number of hydrogen-bond donors (Lipinski definition) is 1. The van der Waals surface area contributed by atoms with Gasteiger partial charge in [0.25, 0.3) is 0 Å². The summed E-state index contributed by atoms with van der Waals surface area (Å²) in [5.41, 5.74) is -0.833. The van der Waals surface area contributed by atoms with Crippen LogP contribution < -0.4 is 10.2 Å². The first-order valence-electron chi connectivity index (χ1n) is 6.92. The minimum absolute atomic E-state index is 0.105. The Kier molecular flexibility index (Phi) is 4.52. The quantitative estimate of drug-likeness (QED) is 0.922. The molecule has 0 spiro atoms. The van der Waals surface area contributed by atoms with Crippen molar-refractivity contribution in [1.82, 2.24) is 10.3 Å². The third kappa shape index (κ3) is 3.62. The zero-order chi connectivity index (χ0) is 14.8. The molecule has 6 heteroatoms. The summed E-state index contributed by atoms with van der Waals surface area (Å²) >= 11 is 0. The van der Waals surface area contributed by atoms with E-state index in [2.05, 4.69) is 10.3 Å². The normalized spacial score (nSPS) is 19.6. The van der Waals surface area contributed by atoms with Crippen LogP contribution in [0.1, 0.15) is 32.4 Å². The lowest BCUT2D eigenvalue weighted by molar-refractivity contribution is -0.141. The van der Waals surface area contributed by atoms with Crippen LogP contribution >= 0.6 is 0 Å². The van der Waals surface area contributed by atoms with E-state index in [1.54, 1.807) is 6.07 Å². The molecule has 0 bridgehead atoms. The van der Waals surface area contributed by atoms with Crippen LogP contribution in [0.2, 0.25) is 0 Å². The second-order valence-electron chi connectivity index (χ2n) is 5.42. The van der Waals surface area contributed by atoms with E-state index >= 15 is 0 Å². The van der Waals surface area contributed by atoms with Crippen molar-refractivity contribution in [2.75, 3.05) is 18.0 Å². The van der Waals surface area contributed by atoms with Crippen molar-refractivity contribution < 1.29 is 13.2 Å². The predicted molar refractivity (Wildman–Crippen MR) is 72.7 cm³/mol. The Balaban J connectivity index is 2.20. The molecule has 1 aliphatic heterocycles. The SMILES string of the molecule is CC(C)N(CC1CCCN1)c1cccc(C(F)(F)F)n1. The highest BCUT2D eigenvalue weighted by atomic mass is 19.4. The lowest BCUT2D eigenvalue weighted by Gasteiger charge is -2.31. The van der Waals surface area contributed by atoms with Crippen molar-refractivity contribution in [3.05, 3.63) is 23.9 Å². The number of halogens is 3. The number of alkyl halides is 3. The van der Waals surface area contributed by atoms with Gasteiger partial charge in [-0.1, -0.05) is 6.07 Å². The van der Waals surface area contributed by atoms with Crippen molar-refractivity contribution >= 4 is 5.82 Å². The summed E-state index contributed by atoms with van der Waals surface area (Å²) in [6.45, 7) is 5.60. The van der Waals surface area contributed by atoms with Crippen molar-refractivity contribution in [3.63, 3.8) is 0 Å². The van der Waals surface area contributed by atoms with Gasteiger partial charge in [-0.05, 0) is 45.4 Å². The van der Waals surface area contributed by atoms with E-state index in [0.29, 0.717) is 18.4 Å². The molecule has 0 amide bonds. The van der Waals surface area contributed by atoms with E-state index in [0.717, 1.165) is 25.5 Å². The smallest absolute Gasteiger partial charge is 0.353 e. The molecule has 1 aromatic heterocycles. The Morgan fingerprint density at radius 1 is 1.40 bits per heavy atom. The molecule has 0 aromatic carbocycles. The Morgan fingerprint density at radius 2 is 2.15 bits per heavy atom. The molecule has 1 saturated heterocycles. The molecule has 1 N–H and O–H groups in total. The first-order chi connectivity index (χ1) is 9.38. The molecule has 20 heavy (non-hydrogen) atoms. The molecule has 112 valence electrons. The third-order valence-electron chi connectivity index (χ3n) is 3.52. The summed E-state index contributed by atoms with van der Waals surface area (Å²) in [5, 5.41) is 3.36. The monoisotopic (exact) mass is 287 g/mol. The zero-order valence-electron chi connectivity index (χ0n) is 11.7. The minimum atomic E-state index is -4.40. The highest BCUT2D eigenvalue weighted by Gasteiger charge is 2.33. The van der Waals surface area contributed by atoms with Gasteiger partial charge in [-0.3, -0.25) is 0 Å². The number of aromatic nitrogens is 1. The van der Waals surface area contributed by atoms with Crippen LogP contribution in [-0.4, -0.2) is 30.2 Å². The average molecular weight is 287 g/mol. The van der Waals surface area contributed by atoms with Gasteiger partial charge in [0.2, 0.25) is 0 Å². The molecule has 0 aliphatic carbocycles. The number of rotatable bonds is 4. The van der Waals surface area contributed by atoms with Gasteiger partial charge >= 0.3 is 6.18 Å². The van der Waals surface area contributed by atoms with Crippen molar-refractivity contribution in [2.45, 2.75) is 44.9 Å². The van der Waals surface area contributed by atoms with Gasteiger partial charge in [-0.15, -0.1) is 0 Å². The topological polar surface area (TPSA) is 28.2 Å². The van der Waals surface area contributed by atoms with Crippen LogP contribution in [0.15, 0.2) is 18.2 Å². The summed E-state index contributed by atoms with van der Waals surface area (Å²) in [4.78, 5) is 5.71. The average Bonchev–Trinajstić information content (AvgIpc) is 2.87. The first-order valence-corrected chi connectivity index (χ1v) is 6.92. The maximum atomic E-state index is 12.7. The zero-order valence-corrected chi connectivity index (χ0v) is 11.7. The van der Waals surface area contributed by atoms with Crippen LogP contribution in [0, 0.1) is 0 Å². The van der Waals surface area contributed by atoms with E-state index in [9.17, 15) is 13.2 Å². The Morgan fingerprint density at radius 3 is 2.70 bits per heavy atom. The number of nitrogens with one attached hydrogen (secondary N) is 1. The molecular formula is C14H20F3N3. The van der Waals surface area contributed by atoms with Crippen molar-refractivity contribution in [1.29, 1.82) is 0 Å². The fraction of sp³-hybridized carbons (Fsp3) is 0.643. The number of pyridine rings is 1. The molecular weight excluding hydrogens is 267 g/mol. The van der Waals surface area contributed by atoms with Gasteiger partial charge in [0.15, 0.2) is 0 Å². The Hall–Kier alpha value is -1.30. The molecule has 0 saturated carbocycles. The summed E-state index contributed by atoms with van der Waals surface area (Å²) in [6, 6.07) is 4.50. The van der Waals surface area contributed by atoms with Gasteiger partial charge in [0.05, 0.1) is 0 Å². The summed E-state index contributed by atoms with van der Waals surface area (Å²) in [5.74, 6) is 0.392. The molecule has 1 aromatic rings. The van der Waals surface area contributed by atoms with E-state index in [1.165, 1.54) is 6.07 Å². The lowest BCUT2D eigenvalue weighted by atomic mass is 10.2. The van der Waals surface area contributed by atoms with E-state index in [4.69, 9.17) is 0 Å². The fourth-order valence-electron chi connectivity index (χ4n) is 2.46. The van der Waals surface area contributed by atoms with Crippen LogP contribution in [0.4, 0.5) is 19.0 Å². The maximum absolute atomic E-state index is 12.7.